The van der Waals surface area contributed by atoms with Crippen LogP contribution >= 0.6 is 0 Å². The molecule has 2 aliphatic rings. The van der Waals surface area contributed by atoms with Gasteiger partial charge in [0.2, 0.25) is 17.5 Å². The zero-order chi connectivity index (χ0) is 35.2. The second-order valence-electron chi connectivity index (χ2n) is 12.8. The van der Waals surface area contributed by atoms with Gasteiger partial charge in [-0.25, -0.2) is 0 Å². The number of hydrogen-bond acceptors (Lipinski definition) is 15. The molecule has 48 heavy (non-hydrogen) atoms. The number of aromatic hydroxyl groups is 2. The lowest BCUT2D eigenvalue weighted by atomic mass is 9.96. The molecule has 0 spiro atoms. The molecule has 0 amide bonds. The van der Waals surface area contributed by atoms with Crippen LogP contribution < -0.4 is 14.9 Å². The first-order chi connectivity index (χ1) is 22.5. The molecule has 5 rings (SSSR count). The summed E-state index contributed by atoms with van der Waals surface area (Å²) in [6.07, 6.45) is -15.0. The third-order valence-electron chi connectivity index (χ3n) is 8.64. The van der Waals surface area contributed by atoms with Gasteiger partial charge in [0.05, 0.1) is 24.9 Å². The Morgan fingerprint density at radius 3 is 2.04 bits per heavy atom. The van der Waals surface area contributed by atoms with Crippen LogP contribution in [0, 0.1) is 0 Å². The molecule has 2 saturated heterocycles. The number of aliphatic hydroxyl groups excluding tert-OH is 5. The monoisotopic (exact) mass is 678 g/mol. The number of ether oxygens (including phenoxy) is 5. The minimum absolute atomic E-state index is 0.0588. The Kier molecular flexibility index (Phi) is 10.3. The average molecular weight is 679 g/mol. The number of hydrogen-bond donors (Lipinski definition) is 8. The van der Waals surface area contributed by atoms with Crippen molar-refractivity contribution in [1.82, 2.24) is 0 Å². The van der Waals surface area contributed by atoms with E-state index in [0.29, 0.717) is 11.3 Å². The SMILES string of the molecule is COc1ccc(-c2oc3c(CCC(C)(C)O)c(O)cc(O)c3c(=O)c2O[C@@H]2OC(C)[C@H](O)C(O)[C@@H]2O[C@@H]2OC(C)[C@H](O)C(O)[C@@H]2O)cc1. The largest absolute Gasteiger partial charge is 0.507 e. The van der Waals surface area contributed by atoms with E-state index in [1.165, 1.54) is 21.0 Å². The van der Waals surface area contributed by atoms with Gasteiger partial charge in [0, 0.05) is 17.2 Å². The van der Waals surface area contributed by atoms with Gasteiger partial charge in [0.15, 0.2) is 18.2 Å². The van der Waals surface area contributed by atoms with Crippen molar-refractivity contribution in [3.8, 4) is 34.3 Å². The second-order valence-corrected chi connectivity index (χ2v) is 12.8. The molecule has 0 aliphatic carbocycles. The van der Waals surface area contributed by atoms with Crippen LogP contribution in [0.1, 0.15) is 39.7 Å². The van der Waals surface area contributed by atoms with E-state index in [9.17, 15) is 45.6 Å². The summed E-state index contributed by atoms with van der Waals surface area (Å²) in [4.78, 5) is 14.3. The smallest absolute Gasteiger partial charge is 0.239 e. The highest BCUT2D eigenvalue weighted by Gasteiger charge is 2.50. The van der Waals surface area contributed by atoms with Crippen molar-refractivity contribution in [2.24, 2.45) is 0 Å². The van der Waals surface area contributed by atoms with Gasteiger partial charge in [0.25, 0.3) is 0 Å². The van der Waals surface area contributed by atoms with Gasteiger partial charge in [-0.05, 0) is 64.8 Å². The minimum Gasteiger partial charge on any atom is -0.507 e. The topological polar surface area (TPSA) is 238 Å². The van der Waals surface area contributed by atoms with Crippen LogP contribution in [0.4, 0.5) is 0 Å². The molecule has 1 aromatic heterocycles. The number of aliphatic hydroxyl groups is 6. The van der Waals surface area contributed by atoms with Crippen LogP contribution in [0.5, 0.6) is 23.0 Å². The van der Waals surface area contributed by atoms with Crippen molar-refractivity contribution in [3.63, 3.8) is 0 Å². The zero-order valence-corrected chi connectivity index (χ0v) is 27.0. The van der Waals surface area contributed by atoms with E-state index >= 15 is 0 Å². The molecule has 4 unspecified atom stereocenters. The molecule has 0 radical (unpaired) electrons. The molecule has 2 aliphatic heterocycles. The van der Waals surface area contributed by atoms with E-state index in [1.807, 2.05) is 0 Å². The van der Waals surface area contributed by atoms with E-state index in [1.54, 1.807) is 38.1 Å². The van der Waals surface area contributed by atoms with Crippen molar-refractivity contribution < 1.29 is 69.0 Å². The fraction of sp³-hybridized carbons (Fsp3) is 0.545. The summed E-state index contributed by atoms with van der Waals surface area (Å²) in [5, 5.41) is 84.4. The van der Waals surface area contributed by atoms with Gasteiger partial charge in [-0.1, -0.05) is 0 Å². The van der Waals surface area contributed by atoms with E-state index in [0.717, 1.165) is 6.07 Å². The van der Waals surface area contributed by atoms with Gasteiger partial charge in [0.1, 0.15) is 58.7 Å². The summed E-state index contributed by atoms with van der Waals surface area (Å²) >= 11 is 0. The summed E-state index contributed by atoms with van der Waals surface area (Å²) < 4.78 is 34.8. The molecule has 264 valence electrons. The van der Waals surface area contributed by atoms with Crippen molar-refractivity contribution >= 4 is 11.0 Å². The fourth-order valence-electron chi connectivity index (χ4n) is 5.72. The van der Waals surface area contributed by atoms with E-state index in [4.69, 9.17) is 28.1 Å². The summed E-state index contributed by atoms with van der Waals surface area (Å²) in [6.45, 7) is 6.02. The number of benzene rings is 2. The predicted molar refractivity (Wildman–Crippen MR) is 167 cm³/mol. The van der Waals surface area contributed by atoms with E-state index < -0.39 is 83.9 Å². The Morgan fingerprint density at radius 2 is 1.44 bits per heavy atom. The quantitative estimate of drug-likeness (QED) is 0.155. The lowest BCUT2D eigenvalue weighted by Gasteiger charge is -2.45. The Labute approximate surface area is 275 Å². The zero-order valence-electron chi connectivity index (χ0n) is 27.0. The summed E-state index contributed by atoms with van der Waals surface area (Å²) in [5.41, 5.74) is -1.78. The van der Waals surface area contributed by atoms with Crippen molar-refractivity contribution in [2.75, 3.05) is 7.11 Å². The first-order valence-electron chi connectivity index (χ1n) is 15.5. The lowest BCUT2D eigenvalue weighted by Crippen LogP contribution is -2.63. The van der Waals surface area contributed by atoms with Gasteiger partial charge in [-0.15, -0.1) is 0 Å². The van der Waals surface area contributed by atoms with Crippen LogP contribution in [0.25, 0.3) is 22.3 Å². The molecular formula is C33H42O15. The summed E-state index contributed by atoms with van der Waals surface area (Å²) in [7, 11) is 1.47. The first kappa shape index (κ1) is 35.8. The molecule has 0 saturated carbocycles. The third-order valence-corrected chi connectivity index (χ3v) is 8.64. The molecule has 15 nitrogen and oxygen atoms in total. The maximum Gasteiger partial charge on any atom is 0.239 e. The van der Waals surface area contributed by atoms with Crippen LogP contribution in [0.2, 0.25) is 0 Å². The average Bonchev–Trinajstić information content (AvgIpc) is 3.03. The number of aryl methyl sites for hydroxylation is 1. The Hall–Kier alpha value is -3.51. The number of phenolic OH excluding ortho intramolecular Hbond substituents is 2. The molecule has 8 N–H and O–H groups in total. The van der Waals surface area contributed by atoms with E-state index in [2.05, 4.69) is 0 Å². The van der Waals surface area contributed by atoms with Gasteiger partial charge >= 0.3 is 0 Å². The lowest BCUT2D eigenvalue weighted by molar-refractivity contribution is -0.352. The molecule has 0 bridgehead atoms. The Bertz CT molecular complexity index is 1650. The standard InChI is InChI=1S/C33H42O15/c1-13-21(36)24(39)26(41)31(44-13)48-30-25(40)22(37)14(2)45-32(30)47-29-23(38)20-19(35)12-18(34)17(10-11-33(3,4)42)28(20)46-27(29)15-6-8-16(43-5)9-7-15/h6-9,12-14,21-22,24-26,30-32,34-37,39-42H,10-11H2,1-5H3/t13?,14?,21-,22-,24?,25?,26-,30-,31-,32-/m0/s1. The van der Waals surface area contributed by atoms with E-state index in [-0.39, 0.29) is 40.9 Å². The van der Waals surface area contributed by atoms with Crippen LogP contribution in [-0.2, 0) is 20.6 Å². The highest BCUT2D eigenvalue weighted by Crippen LogP contribution is 2.41. The maximum atomic E-state index is 14.3. The van der Waals surface area contributed by atoms with Crippen molar-refractivity contribution in [2.45, 2.75) is 108 Å². The summed E-state index contributed by atoms with van der Waals surface area (Å²) in [6, 6.07) is 7.28. The molecule has 3 heterocycles. The number of methoxy groups -OCH3 is 1. The third kappa shape index (κ3) is 6.96. The maximum absolute atomic E-state index is 14.3. The highest BCUT2D eigenvalue weighted by molar-refractivity contribution is 5.91. The number of rotatable bonds is 9. The van der Waals surface area contributed by atoms with Crippen LogP contribution in [0.15, 0.2) is 39.5 Å². The highest BCUT2D eigenvalue weighted by atomic mass is 16.8. The van der Waals surface area contributed by atoms with Crippen molar-refractivity contribution in [1.29, 1.82) is 0 Å². The molecule has 3 aromatic rings. The molecule has 15 heteroatoms. The van der Waals surface area contributed by atoms with Crippen LogP contribution in [-0.4, -0.2) is 115 Å². The fourth-order valence-corrected chi connectivity index (χ4v) is 5.72. The molecular weight excluding hydrogens is 636 g/mol. The van der Waals surface area contributed by atoms with Gasteiger partial charge in [-0.2, -0.15) is 0 Å². The number of fused-ring (bicyclic) bond motifs is 1. The van der Waals surface area contributed by atoms with Gasteiger partial charge < -0.3 is 69.0 Å². The van der Waals surface area contributed by atoms with Crippen LogP contribution in [0.3, 0.4) is 0 Å². The Balaban J connectivity index is 1.65. The molecule has 10 atom stereocenters. The first-order valence-corrected chi connectivity index (χ1v) is 15.5. The second kappa shape index (κ2) is 13.8. The normalized spacial score (nSPS) is 31.1. The number of phenols is 2. The van der Waals surface area contributed by atoms with Gasteiger partial charge in [-0.3, -0.25) is 4.79 Å². The Morgan fingerprint density at radius 1 is 0.833 bits per heavy atom. The molecule has 2 aromatic carbocycles. The molecule has 2 fully saturated rings. The summed E-state index contributed by atoms with van der Waals surface area (Å²) in [5.74, 6) is -1.21. The van der Waals surface area contributed by atoms with Crippen molar-refractivity contribution in [3.05, 3.63) is 46.1 Å². The minimum atomic E-state index is -1.78. The predicted octanol–water partition coefficient (Wildman–Crippen LogP) is 0.641.